The first-order chi connectivity index (χ1) is 15.8. The number of rotatable bonds is 5. The van der Waals surface area contributed by atoms with E-state index < -0.39 is 16.0 Å². The van der Waals surface area contributed by atoms with Gasteiger partial charge in [0.15, 0.2) is 5.65 Å². The number of fused-ring (bicyclic) bond motifs is 2. The monoisotopic (exact) mass is 461 g/mol. The number of aromatic nitrogens is 3. The molecule has 0 spiro atoms. The number of benzene rings is 2. The topological polar surface area (TPSA) is 114 Å². The Morgan fingerprint density at radius 1 is 1.06 bits per heavy atom. The third kappa shape index (κ3) is 3.25. The van der Waals surface area contributed by atoms with Gasteiger partial charge in [0.25, 0.3) is 10.0 Å². The van der Waals surface area contributed by atoms with Crippen LogP contribution in [0.3, 0.4) is 0 Å². The zero-order valence-electron chi connectivity index (χ0n) is 17.7. The minimum atomic E-state index is -4.05. The van der Waals surface area contributed by atoms with Crippen LogP contribution in [0.5, 0.6) is 5.75 Å². The molecule has 0 bridgehead atoms. The van der Waals surface area contributed by atoms with Crippen LogP contribution in [0.15, 0.2) is 71.9 Å². The number of nitrogens with one attached hydrogen (secondary N) is 1. The summed E-state index contributed by atoms with van der Waals surface area (Å²) in [5.41, 5.74) is 2.81. The first-order valence-electron chi connectivity index (χ1n) is 10.0. The first-order valence-corrected chi connectivity index (χ1v) is 11.5. The van der Waals surface area contributed by atoms with Gasteiger partial charge in [0.2, 0.25) is 0 Å². The number of aryl methyl sites for hydroxylation is 1. The second-order valence-corrected chi connectivity index (χ2v) is 9.42. The first kappa shape index (κ1) is 20.8. The Hall–Kier alpha value is -4.11. The fourth-order valence-corrected chi connectivity index (χ4v) is 5.42. The number of ether oxygens (including phenoxy) is 1. The van der Waals surface area contributed by atoms with Crippen molar-refractivity contribution in [2.24, 2.45) is 0 Å². The van der Waals surface area contributed by atoms with E-state index in [-0.39, 0.29) is 16.1 Å². The SMILES string of the molecule is COc1ccnc2c1cc(-c1c[nH]c3ccc(C(=O)O)cc13)n2S(=O)(=O)c1ccc(C)cc1. The van der Waals surface area contributed by atoms with Crippen LogP contribution in [-0.2, 0) is 10.0 Å². The van der Waals surface area contributed by atoms with Crippen molar-refractivity contribution in [3.63, 3.8) is 0 Å². The number of pyridine rings is 1. The number of carboxylic acid groups (broad SMARTS) is 1. The summed E-state index contributed by atoms with van der Waals surface area (Å²) in [5, 5.41) is 10.5. The summed E-state index contributed by atoms with van der Waals surface area (Å²) in [4.78, 5) is 19.1. The van der Waals surface area contributed by atoms with Crippen LogP contribution in [0.1, 0.15) is 15.9 Å². The van der Waals surface area contributed by atoms with Crippen molar-refractivity contribution in [1.29, 1.82) is 0 Å². The maximum Gasteiger partial charge on any atom is 0.335 e. The van der Waals surface area contributed by atoms with Gasteiger partial charge in [-0.2, -0.15) is 0 Å². The molecule has 0 aliphatic rings. The average molecular weight is 461 g/mol. The molecule has 166 valence electrons. The summed E-state index contributed by atoms with van der Waals surface area (Å²) >= 11 is 0. The highest BCUT2D eigenvalue weighted by Crippen LogP contribution is 2.38. The van der Waals surface area contributed by atoms with E-state index >= 15 is 0 Å². The molecule has 0 unspecified atom stereocenters. The Morgan fingerprint density at radius 2 is 1.82 bits per heavy atom. The number of hydrogen-bond donors (Lipinski definition) is 2. The van der Waals surface area contributed by atoms with Crippen molar-refractivity contribution in [2.75, 3.05) is 7.11 Å². The van der Waals surface area contributed by atoms with E-state index in [0.29, 0.717) is 33.3 Å². The van der Waals surface area contributed by atoms with E-state index in [4.69, 9.17) is 4.74 Å². The summed E-state index contributed by atoms with van der Waals surface area (Å²) in [7, 11) is -2.54. The van der Waals surface area contributed by atoms with E-state index in [1.54, 1.807) is 48.7 Å². The van der Waals surface area contributed by atoms with E-state index in [1.807, 2.05) is 6.92 Å². The summed E-state index contributed by atoms with van der Waals surface area (Å²) in [5.74, 6) is -0.592. The molecule has 2 N–H and O–H groups in total. The van der Waals surface area contributed by atoms with Crippen molar-refractivity contribution < 1.29 is 23.1 Å². The number of methoxy groups -OCH3 is 1. The molecular formula is C24H19N3O5S. The predicted molar refractivity (Wildman–Crippen MR) is 124 cm³/mol. The summed E-state index contributed by atoms with van der Waals surface area (Å²) in [6.45, 7) is 1.88. The minimum Gasteiger partial charge on any atom is -0.496 e. The third-order valence-electron chi connectivity index (χ3n) is 5.61. The van der Waals surface area contributed by atoms with Gasteiger partial charge in [-0.05, 0) is 49.4 Å². The van der Waals surface area contributed by atoms with Crippen molar-refractivity contribution >= 4 is 37.9 Å². The molecule has 5 rings (SSSR count). The number of aromatic amines is 1. The molecule has 0 aliphatic heterocycles. The molecule has 33 heavy (non-hydrogen) atoms. The van der Waals surface area contributed by atoms with Crippen molar-refractivity contribution in [3.05, 3.63) is 78.1 Å². The summed E-state index contributed by atoms with van der Waals surface area (Å²) < 4.78 is 34.3. The smallest absolute Gasteiger partial charge is 0.335 e. The zero-order valence-corrected chi connectivity index (χ0v) is 18.6. The lowest BCUT2D eigenvalue weighted by molar-refractivity contribution is 0.0697. The van der Waals surface area contributed by atoms with Crippen LogP contribution in [0.4, 0.5) is 0 Å². The second kappa shape index (κ2) is 7.49. The Bertz CT molecular complexity index is 1650. The molecule has 2 aromatic carbocycles. The quantitative estimate of drug-likeness (QED) is 0.400. The van der Waals surface area contributed by atoms with Crippen LogP contribution in [0.2, 0.25) is 0 Å². The number of carboxylic acids is 1. The van der Waals surface area contributed by atoms with E-state index in [9.17, 15) is 18.3 Å². The standard InChI is InChI=1S/C24H19N3O5S/c1-14-3-6-16(7-4-14)33(30,31)27-21(12-18-22(32-2)9-10-25-23(18)27)19-13-26-20-8-5-15(24(28)29)11-17(19)20/h3-13,26H,1-2H3,(H,28,29). The zero-order chi connectivity index (χ0) is 23.3. The van der Waals surface area contributed by atoms with Crippen molar-refractivity contribution in [2.45, 2.75) is 11.8 Å². The van der Waals surface area contributed by atoms with Crippen LogP contribution >= 0.6 is 0 Å². The van der Waals surface area contributed by atoms with Crippen LogP contribution in [0.25, 0.3) is 33.2 Å². The molecule has 0 aliphatic carbocycles. The van der Waals surface area contributed by atoms with Gasteiger partial charge >= 0.3 is 5.97 Å². The molecule has 3 aromatic heterocycles. The van der Waals surface area contributed by atoms with Gasteiger partial charge < -0.3 is 14.8 Å². The normalized spacial score (nSPS) is 11.8. The number of hydrogen-bond acceptors (Lipinski definition) is 5. The lowest BCUT2D eigenvalue weighted by Crippen LogP contribution is -2.14. The van der Waals surface area contributed by atoms with Gasteiger partial charge in [-0.25, -0.2) is 22.2 Å². The molecular weight excluding hydrogens is 442 g/mol. The number of H-pyrrole nitrogens is 1. The number of nitrogens with zero attached hydrogens (tertiary/aromatic N) is 2. The highest BCUT2D eigenvalue weighted by atomic mass is 32.2. The molecule has 8 nitrogen and oxygen atoms in total. The second-order valence-electron chi connectivity index (χ2n) is 7.63. The van der Waals surface area contributed by atoms with E-state index in [0.717, 1.165) is 5.56 Å². The lowest BCUT2D eigenvalue weighted by Gasteiger charge is -2.12. The van der Waals surface area contributed by atoms with Gasteiger partial charge in [-0.15, -0.1) is 0 Å². The summed E-state index contributed by atoms with van der Waals surface area (Å²) in [6.07, 6.45) is 3.15. The molecule has 0 saturated heterocycles. The minimum absolute atomic E-state index is 0.100. The molecule has 0 atom stereocenters. The van der Waals surface area contributed by atoms with Gasteiger partial charge in [0.05, 0.1) is 28.6 Å². The molecule has 3 heterocycles. The Morgan fingerprint density at radius 3 is 2.52 bits per heavy atom. The fourth-order valence-electron chi connectivity index (χ4n) is 3.94. The fraction of sp³-hybridized carbons (Fsp3) is 0.0833. The Kier molecular flexibility index (Phi) is 4.71. The van der Waals surface area contributed by atoms with E-state index in [1.165, 1.54) is 29.4 Å². The average Bonchev–Trinajstić information content (AvgIpc) is 3.40. The van der Waals surface area contributed by atoms with Crippen molar-refractivity contribution in [3.8, 4) is 17.0 Å². The van der Waals surface area contributed by atoms with Gasteiger partial charge in [-0.3, -0.25) is 0 Å². The van der Waals surface area contributed by atoms with Gasteiger partial charge in [0, 0.05) is 28.9 Å². The Labute approximate surface area is 189 Å². The number of aromatic carboxylic acids is 1. The van der Waals surface area contributed by atoms with Gasteiger partial charge in [0.1, 0.15) is 5.75 Å². The van der Waals surface area contributed by atoms with Crippen LogP contribution in [-0.4, -0.2) is 40.5 Å². The maximum atomic E-state index is 13.8. The van der Waals surface area contributed by atoms with Gasteiger partial charge in [-0.1, -0.05) is 17.7 Å². The Balaban J connectivity index is 1.87. The molecule has 5 aromatic rings. The predicted octanol–water partition coefficient (Wildman–Crippen LogP) is 4.44. The largest absolute Gasteiger partial charge is 0.496 e. The molecule has 0 fully saturated rings. The van der Waals surface area contributed by atoms with Crippen LogP contribution in [0, 0.1) is 6.92 Å². The lowest BCUT2D eigenvalue weighted by atomic mass is 10.1. The molecule has 0 amide bonds. The summed E-state index contributed by atoms with van der Waals surface area (Å²) in [6, 6.07) is 14.6. The molecule has 9 heteroatoms. The molecule has 0 saturated carbocycles. The van der Waals surface area contributed by atoms with Crippen molar-refractivity contribution in [1.82, 2.24) is 13.9 Å². The highest BCUT2D eigenvalue weighted by Gasteiger charge is 2.27. The van der Waals surface area contributed by atoms with E-state index in [2.05, 4.69) is 9.97 Å². The highest BCUT2D eigenvalue weighted by molar-refractivity contribution is 7.90. The van der Waals surface area contributed by atoms with Crippen LogP contribution < -0.4 is 4.74 Å². The number of carbonyl (C=O) groups is 1. The molecule has 0 radical (unpaired) electrons. The third-order valence-corrected chi connectivity index (χ3v) is 7.32. The maximum absolute atomic E-state index is 13.8.